The molecule has 0 fully saturated rings. The van der Waals surface area contributed by atoms with Crippen molar-refractivity contribution in [2.45, 2.75) is 39.8 Å². The van der Waals surface area contributed by atoms with E-state index in [-0.39, 0.29) is 0 Å². The second-order valence-corrected chi connectivity index (χ2v) is 5.47. The van der Waals surface area contributed by atoms with Crippen LogP contribution in [0.25, 0.3) is 10.8 Å². The molecule has 0 atom stereocenters. The molecule has 0 aliphatic heterocycles. The average Bonchev–Trinajstić information content (AvgIpc) is 2.46. The summed E-state index contributed by atoms with van der Waals surface area (Å²) in [6.45, 7) is 8.57. The molecule has 0 bridgehead atoms. The van der Waals surface area contributed by atoms with E-state index in [9.17, 15) is 0 Å². The van der Waals surface area contributed by atoms with E-state index < -0.39 is 0 Å². The van der Waals surface area contributed by atoms with Crippen LogP contribution in [0.2, 0.25) is 0 Å². The molecular weight excluding hydrogens is 246 g/mol. The van der Waals surface area contributed by atoms with Crippen molar-refractivity contribution in [1.29, 1.82) is 0 Å². The van der Waals surface area contributed by atoms with E-state index in [0.717, 1.165) is 25.3 Å². The Kier molecular flexibility index (Phi) is 4.96. The zero-order chi connectivity index (χ0) is 14.5. The lowest BCUT2D eigenvalue weighted by Gasteiger charge is -2.29. The molecule has 0 unspecified atom stereocenters. The van der Waals surface area contributed by atoms with Crippen molar-refractivity contribution < 1.29 is 0 Å². The van der Waals surface area contributed by atoms with Gasteiger partial charge in [0.2, 0.25) is 0 Å². The molecule has 2 rings (SSSR count). The second-order valence-electron chi connectivity index (χ2n) is 5.47. The summed E-state index contributed by atoms with van der Waals surface area (Å²) in [4.78, 5) is 7.15. The van der Waals surface area contributed by atoms with Crippen molar-refractivity contribution >= 4 is 16.6 Å². The van der Waals surface area contributed by atoms with Crippen LogP contribution in [0.4, 0.5) is 5.82 Å². The van der Waals surface area contributed by atoms with E-state index in [0.29, 0.717) is 6.04 Å². The first-order valence-electron chi connectivity index (χ1n) is 7.46. The third kappa shape index (κ3) is 2.93. The lowest BCUT2D eigenvalue weighted by atomic mass is 10.1. The SMILES string of the molecule is CCCN(c1ncc(CNC)c2ccccc12)C(C)C. The zero-order valence-corrected chi connectivity index (χ0v) is 13.0. The third-order valence-electron chi connectivity index (χ3n) is 3.58. The van der Waals surface area contributed by atoms with Crippen molar-refractivity contribution in [2.75, 3.05) is 18.5 Å². The van der Waals surface area contributed by atoms with Gasteiger partial charge in [-0.1, -0.05) is 31.2 Å². The number of hydrogen-bond acceptors (Lipinski definition) is 3. The number of hydrogen-bond donors (Lipinski definition) is 1. The molecule has 1 aromatic carbocycles. The van der Waals surface area contributed by atoms with Crippen LogP contribution in [0.1, 0.15) is 32.8 Å². The predicted octanol–water partition coefficient (Wildman–Crippen LogP) is 3.58. The van der Waals surface area contributed by atoms with Crippen LogP contribution >= 0.6 is 0 Å². The molecule has 0 radical (unpaired) electrons. The van der Waals surface area contributed by atoms with Crippen LogP contribution in [0, 0.1) is 0 Å². The Morgan fingerprint density at radius 2 is 1.90 bits per heavy atom. The van der Waals surface area contributed by atoms with Crippen LogP contribution in [-0.4, -0.2) is 24.6 Å². The fraction of sp³-hybridized carbons (Fsp3) is 0.471. The highest BCUT2D eigenvalue weighted by Gasteiger charge is 2.15. The van der Waals surface area contributed by atoms with E-state index in [1.54, 1.807) is 0 Å². The fourth-order valence-electron chi connectivity index (χ4n) is 2.65. The number of rotatable bonds is 6. The zero-order valence-electron chi connectivity index (χ0n) is 13.0. The third-order valence-corrected chi connectivity index (χ3v) is 3.58. The molecule has 1 N–H and O–H groups in total. The Labute approximate surface area is 122 Å². The first kappa shape index (κ1) is 14.8. The molecule has 1 aromatic heterocycles. The molecule has 0 spiro atoms. The number of nitrogens with zero attached hydrogens (tertiary/aromatic N) is 2. The maximum Gasteiger partial charge on any atom is 0.136 e. The lowest BCUT2D eigenvalue weighted by molar-refractivity contribution is 0.664. The Hall–Kier alpha value is -1.61. The van der Waals surface area contributed by atoms with Gasteiger partial charge in [-0.2, -0.15) is 0 Å². The quantitative estimate of drug-likeness (QED) is 0.870. The summed E-state index contributed by atoms with van der Waals surface area (Å²) >= 11 is 0. The molecule has 0 aliphatic carbocycles. The topological polar surface area (TPSA) is 28.2 Å². The number of nitrogens with one attached hydrogen (secondary N) is 1. The first-order chi connectivity index (χ1) is 9.69. The molecule has 0 saturated carbocycles. The van der Waals surface area contributed by atoms with Crippen molar-refractivity contribution in [3.63, 3.8) is 0 Å². The number of pyridine rings is 1. The summed E-state index contributed by atoms with van der Waals surface area (Å²) in [7, 11) is 1.97. The standard InChI is InChI=1S/C17H25N3/c1-5-10-20(13(2)3)17-16-9-7-6-8-15(16)14(11-18-4)12-19-17/h6-9,12-13,18H,5,10-11H2,1-4H3. The van der Waals surface area contributed by atoms with Gasteiger partial charge in [-0.25, -0.2) is 4.98 Å². The normalized spacial score (nSPS) is 11.2. The molecule has 1 heterocycles. The highest BCUT2D eigenvalue weighted by atomic mass is 15.2. The molecule has 108 valence electrons. The fourth-order valence-corrected chi connectivity index (χ4v) is 2.65. The molecule has 20 heavy (non-hydrogen) atoms. The van der Waals surface area contributed by atoms with E-state index in [2.05, 4.69) is 55.3 Å². The van der Waals surface area contributed by atoms with Gasteiger partial charge in [0.1, 0.15) is 5.82 Å². The van der Waals surface area contributed by atoms with Crippen molar-refractivity contribution in [1.82, 2.24) is 10.3 Å². The number of anilines is 1. The van der Waals surface area contributed by atoms with E-state index >= 15 is 0 Å². The summed E-state index contributed by atoms with van der Waals surface area (Å²) in [5, 5.41) is 5.77. The van der Waals surface area contributed by atoms with Crippen molar-refractivity contribution in [3.8, 4) is 0 Å². The molecular formula is C17H25N3. The second kappa shape index (κ2) is 6.71. The van der Waals surface area contributed by atoms with Crippen LogP contribution in [-0.2, 0) is 6.54 Å². The van der Waals surface area contributed by atoms with Gasteiger partial charge in [-0.3, -0.25) is 0 Å². The molecule has 0 aliphatic rings. The summed E-state index contributed by atoms with van der Waals surface area (Å²) in [5.41, 5.74) is 1.26. The Morgan fingerprint density at radius 3 is 2.50 bits per heavy atom. The van der Waals surface area contributed by atoms with Crippen LogP contribution in [0.15, 0.2) is 30.5 Å². The van der Waals surface area contributed by atoms with Gasteiger partial charge in [-0.05, 0) is 38.3 Å². The highest BCUT2D eigenvalue weighted by molar-refractivity contribution is 5.94. The van der Waals surface area contributed by atoms with Gasteiger partial charge in [-0.15, -0.1) is 0 Å². The van der Waals surface area contributed by atoms with Crippen LogP contribution < -0.4 is 10.2 Å². The van der Waals surface area contributed by atoms with Crippen LogP contribution in [0.5, 0.6) is 0 Å². The van der Waals surface area contributed by atoms with Gasteiger partial charge >= 0.3 is 0 Å². The largest absolute Gasteiger partial charge is 0.354 e. The summed E-state index contributed by atoms with van der Waals surface area (Å²) < 4.78 is 0. The maximum atomic E-state index is 4.75. The Morgan fingerprint density at radius 1 is 1.20 bits per heavy atom. The summed E-state index contributed by atoms with van der Waals surface area (Å²) in [5.74, 6) is 1.11. The van der Waals surface area contributed by atoms with E-state index in [1.807, 2.05) is 13.2 Å². The van der Waals surface area contributed by atoms with Gasteiger partial charge in [0.15, 0.2) is 0 Å². The molecule has 3 heteroatoms. The minimum absolute atomic E-state index is 0.459. The number of aromatic nitrogens is 1. The maximum absolute atomic E-state index is 4.75. The average molecular weight is 271 g/mol. The van der Waals surface area contributed by atoms with Crippen LogP contribution in [0.3, 0.4) is 0 Å². The van der Waals surface area contributed by atoms with Gasteiger partial charge in [0.05, 0.1) is 0 Å². The van der Waals surface area contributed by atoms with Gasteiger partial charge in [0, 0.05) is 30.7 Å². The number of fused-ring (bicyclic) bond motifs is 1. The number of benzene rings is 1. The van der Waals surface area contributed by atoms with E-state index in [1.165, 1.54) is 16.3 Å². The van der Waals surface area contributed by atoms with E-state index in [4.69, 9.17) is 4.98 Å². The Balaban J connectivity index is 2.57. The monoisotopic (exact) mass is 271 g/mol. The predicted molar refractivity (Wildman–Crippen MR) is 87.3 cm³/mol. The molecule has 3 nitrogen and oxygen atoms in total. The summed E-state index contributed by atoms with van der Waals surface area (Å²) in [6, 6.07) is 9.03. The molecule has 0 saturated heterocycles. The smallest absolute Gasteiger partial charge is 0.136 e. The molecule has 0 amide bonds. The van der Waals surface area contributed by atoms with Gasteiger partial charge < -0.3 is 10.2 Å². The van der Waals surface area contributed by atoms with Crippen molar-refractivity contribution in [3.05, 3.63) is 36.0 Å². The molecule has 2 aromatic rings. The minimum atomic E-state index is 0.459. The van der Waals surface area contributed by atoms with Crippen molar-refractivity contribution in [2.24, 2.45) is 0 Å². The minimum Gasteiger partial charge on any atom is -0.354 e. The van der Waals surface area contributed by atoms with Gasteiger partial charge in [0.25, 0.3) is 0 Å². The summed E-state index contributed by atoms with van der Waals surface area (Å²) in [6.07, 6.45) is 3.14. The highest BCUT2D eigenvalue weighted by Crippen LogP contribution is 2.28. The first-order valence-corrected chi connectivity index (χ1v) is 7.46. The lowest BCUT2D eigenvalue weighted by Crippen LogP contribution is -2.32. The Bertz CT molecular complexity index is 563.